The van der Waals surface area contributed by atoms with Crippen molar-refractivity contribution in [2.24, 2.45) is 11.8 Å². The van der Waals surface area contributed by atoms with E-state index in [0.717, 1.165) is 11.8 Å². The largest absolute Gasteiger partial charge is 0.354 e. The molecule has 0 aromatic heterocycles. The van der Waals surface area contributed by atoms with Gasteiger partial charge in [0.05, 0.1) is 0 Å². The molecular weight excluding hydrogens is 174 g/mol. The van der Waals surface area contributed by atoms with Crippen molar-refractivity contribution >= 4 is 5.91 Å². The SMILES string of the molecule is CC(=O)N[C@H]1CC[C@H](CC(C)C)CC1. The van der Waals surface area contributed by atoms with Gasteiger partial charge in [-0.1, -0.05) is 13.8 Å². The third kappa shape index (κ3) is 4.12. The van der Waals surface area contributed by atoms with Gasteiger partial charge < -0.3 is 5.32 Å². The average Bonchev–Trinajstić information content (AvgIpc) is 2.06. The summed E-state index contributed by atoms with van der Waals surface area (Å²) in [7, 11) is 0. The topological polar surface area (TPSA) is 29.1 Å². The van der Waals surface area contributed by atoms with Crippen molar-refractivity contribution in [3.8, 4) is 0 Å². The number of hydrogen-bond donors (Lipinski definition) is 1. The lowest BCUT2D eigenvalue weighted by Gasteiger charge is -2.29. The van der Waals surface area contributed by atoms with Gasteiger partial charge >= 0.3 is 0 Å². The monoisotopic (exact) mass is 197 g/mol. The first kappa shape index (κ1) is 11.5. The molecule has 1 saturated carbocycles. The second-order valence-electron chi connectivity index (χ2n) is 5.05. The van der Waals surface area contributed by atoms with E-state index in [1.807, 2.05) is 0 Å². The predicted molar refractivity (Wildman–Crippen MR) is 59.0 cm³/mol. The van der Waals surface area contributed by atoms with Gasteiger partial charge in [0, 0.05) is 13.0 Å². The normalized spacial score (nSPS) is 27.7. The number of nitrogens with one attached hydrogen (secondary N) is 1. The summed E-state index contributed by atoms with van der Waals surface area (Å²) in [4.78, 5) is 10.9. The van der Waals surface area contributed by atoms with Gasteiger partial charge in [0.1, 0.15) is 0 Å². The Bertz CT molecular complexity index is 181. The van der Waals surface area contributed by atoms with E-state index in [-0.39, 0.29) is 5.91 Å². The molecular formula is C12H23NO. The molecule has 1 aliphatic carbocycles. The summed E-state index contributed by atoms with van der Waals surface area (Å²) in [5.41, 5.74) is 0. The summed E-state index contributed by atoms with van der Waals surface area (Å²) in [6, 6.07) is 0.455. The lowest BCUT2D eigenvalue weighted by molar-refractivity contribution is -0.119. The fourth-order valence-corrected chi connectivity index (χ4v) is 2.50. The van der Waals surface area contributed by atoms with Gasteiger partial charge in [-0.25, -0.2) is 0 Å². The highest BCUT2D eigenvalue weighted by atomic mass is 16.1. The lowest BCUT2D eigenvalue weighted by Crippen LogP contribution is -2.36. The molecule has 0 radical (unpaired) electrons. The van der Waals surface area contributed by atoms with Crippen molar-refractivity contribution in [1.29, 1.82) is 0 Å². The summed E-state index contributed by atoms with van der Waals surface area (Å²) >= 11 is 0. The second kappa shape index (κ2) is 5.38. The van der Waals surface area contributed by atoms with Crippen LogP contribution in [0.15, 0.2) is 0 Å². The molecule has 0 heterocycles. The van der Waals surface area contributed by atoms with Crippen molar-refractivity contribution in [3.05, 3.63) is 0 Å². The van der Waals surface area contributed by atoms with E-state index in [9.17, 15) is 4.79 Å². The van der Waals surface area contributed by atoms with Crippen LogP contribution < -0.4 is 5.32 Å². The minimum absolute atomic E-state index is 0.123. The number of carbonyl (C=O) groups is 1. The summed E-state index contributed by atoms with van der Waals surface area (Å²) < 4.78 is 0. The summed E-state index contributed by atoms with van der Waals surface area (Å²) in [6.45, 7) is 6.19. The van der Waals surface area contributed by atoms with Gasteiger partial charge in [-0.3, -0.25) is 4.79 Å². The van der Waals surface area contributed by atoms with E-state index < -0.39 is 0 Å². The molecule has 1 amide bonds. The molecule has 0 saturated heterocycles. The Morgan fingerprint density at radius 1 is 1.29 bits per heavy atom. The minimum Gasteiger partial charge on any atom is -0.354 e. The molecule has 1 N–H and O–H groups in total. The van der Waals surface area contributed by atoms with Crippen molar-refractivity contribution in [2.45, 2.75) is 58.9 Å². The third-order valence-electron chi connectivity index (χ3n) is 3.06. The van der Waals surface area contributed by atoms with Crippen molar-refractivity contribution in [1.82, 2.24) is 5.32 Å². The highest BCUT2D eigenvalue weighted by Crippen LogP contribution is 2.29. The van der Waals surface area contributed by atoms with Crippen molar-refractivity contribution < 1.29 is 4.79 Å². The first-order valence-corrected chi connectivity index (χ1v) is 5.85. The summed E-state index contributed by atoms with van der Waals surface area (Å²) in [5.74, 6) is 1.84. The van der Waals surface area contributed by atoms with Gasteiger partial charge in [0.15, 0.2) is 0 Å². The first-order valence-electron chi connectivity index (χ1n) is 5.85. The van der Waals surface area contributed by atoms with Gasteiger partial charge in [-0.15, -0.1) is 0 Å². The second-order valence-corrected chi connectivity index (χ2v) is 5.05. The molecule has 0 unspecified atom stereocenters. The maximum Gasteiger partial charge on any atom is 0.217 e. The Balaban J connectivity index is 2.21. The van der Waals surface area contributed by atoms with Crippen LogP contribution in [0.3, 0.4) is 0 Å². The van der Waals surface area contributed by atoms with E-state index in [1.165, 1.54) is 32.1 Å². The minimum atomic E-state index is 0.123. The van der Waals surface area contributed by atoms with Crippen LogP contribution in [-0.2, 0) is 4.79 Å². The Morgan fingerprint density at radius 3 is 2.29 bits per heavy atom. The van der Waals surface area contributed by atoms with Gasteiger partial charge in [0.25, 0.3) is 0 Å². The zero-order chi connectivity index (χ0) is 10.6. The fourth-order valence-electron chi connectivity index (χ4n) is 2.50. The molecule has 1 rings (SSSR count). The smallest absolute Gasteiger partial charge is 0.217 e. The molecule has 0 atom stereocenters. The molecule has 0 aliphatic heterocycles. The molecule has 1 fully saturated rings. The quantitative estimate of drug-likeness (QED) is 0.740. The zero-order valence-corrected chi connectivity index (χ0v) is 9.68. The van der Waals surface area contributed by atoms with Crippen LogP contribution in [0.25, 0.3) is 0 Å². The molecule has 0 aromatic carbocycles. The van der Waals surface area contributed by atoms with Crippen molar-refractivity contribution in [2.75, 3.05) is 0 Å². The maximum absolute atomic E-state index is 10.9. The van der Waals surface area contributed by atoms with Crippen LogP contribution >= 0.6 is 0 Å². The van der Waals surface area contributed by atoms with E-state index in [0.29, 0.717) is 6.04 Å². The molecule has 0 spiro atoms. The number of hydrogen-bond acceptors (Lipinski definition) is 1. The number of amides is 1. The van der Waals surface area contributed by atoms with E-state index in [2.05, 4.69) is 19.2 Å². The lowest BCUT2D eigenvalue weighted by atomic mass is 9.81. The Hall–Kier alpha value is -0.530. The Kier molecular flexibility index (Phi) is 4.43. The van der Waals surface area contributed by atoms with E-state index in [4.69, 9.17) is 0 Å². The van der Waals surface area contributed by atoms with E-state index >= 15 is 0 Å². The highest BCUT2D eigenvalue weighted by Gasteiger charge is 2.21. The van der Waals surface area contributed by atoms with Crippen LogP contribution in [0.2, 0.25) is 0 Å². The molecule has 0 aromatic rings. The van der Waals surface area contributed by atoms with Gasteiger partial charge in [-0.2, -0.15) is 0 Å². The molecule has 2 nitrogen and oxygen atoms in total. The Morgan fingerprint density at radius 2 is 1.86 bits per heavy atom. The van der Waals surface area contributed by atoms with E-state index in [1.54, 1.807) is 6.92 Å². The zero-order valence-electron chi connectivity index (χ0n) is 9.68. The molecule has 14 heavy (non-hydrogen) atoms. The first-order chi connectivity index (χ1) is 6.58. The molecule has 2 heteroatoms. The maximum atomic E-state index is 10.9. The number of rotatable bonds is 3. The van der Waals surface area contributed by atoms with Crippen LogP contribution in [-0.4, -0.2) is 11.9 Å². The molecule has 82 valence electrons. The van der Waals surface area contributed by atoms with Crippen LogP contribution in [0.1, 0.15) is 52.9 Å². The van der Waals surface area contributed by atoms with Crippen LogP contribution in [0, 0.1) is 11.8 Å². The average molecular weight is 197 g/mol. The van der Waals surface area contributed by atoms with Crippen molar-refractivity contribution in [3.63, 3.8) is 0 Å². The summed E-state index contributed by atoms with van der Waals surface area (Å²) in [6.07, 6.45) is 6.30. The standard InChI is InChI=1S/C12H23NO/c1-9(2)8-11-4-6-12(7-5-11)13-10(3)14/h9,11-12H,4-8H2,1-3H3,(H,13,14)/t11-,12-. The predicted octanol–water partition coefficient (Wildman–Crippen LogP) is 2.73. The highest BCUT2D eigenvalue weighted by molar-refractivity contribution is 5.73. The van der Waals surface area contributed by atoms with Crippen LogP contribution in [0.5, 0.6) is 0 Å². The molecule has 0 bridgehead atoms. The van der Waals surface area contributed by atoms with Gasteiger partial charge in [0.2, 0.25) is 5.91 Å². The summed E-state index contributed by atoms with van der Waals surface area (Å²) in [5, 5.41) is 3.02. The Labute approximate surface area is 87.5 Å². The fraction of sp³-hybridized carbons (Fsp3) is 0.917. The third-order valence-corrected chi connectivity index (χ3v) is 3.06. The molecule has 1 aliphatic rings. The van der Waals surface area contributed by atoms with Crippen LogP contribution in [0.4, 0.5) is 0 Å². The van der Waals surface area contributed by atoms with Gasteiger partial charge in [-0.05, 0) is 43.9 Å². The number of carbonyl (C=O) groups excluding carboxylic acids is 1.